The van der Waals surface area contributed by atoms with E-state index in [1.54, 1.807) is 0 Å². The van der Waals surface area contributed by atoms with Gasteiger partial charge in [0.05, 0.1) is 4.88 Å². The topological polar surface area (TPSA) is 67.6 Å². The lowest BCUT2D eigenvalue weighted by Gasteiger charge is -2.57. The molecule has 1 amide bonds. The Morgan fingerprint density at radius 1 is 1.28 bits per heavy atom. The Bertz CT molecular complexity index is 594. The van der Waals surface area contributed by atoms with Crippen LogP contribution in [0.1, 0.15) is 33.8 Å². The fourth-order valence-corrected chi connectivity index (χ4v) is 6.00. The van der Waals surface area contributed by atoms with Gasteiger partial charge < -0.3 is 15.8 Å². The third kappa shape index (κ3) is 3.33. The highest BCUT2D eigenvalue weighted by Crippen LogP contribution is 2.53. The molecule has 3 N–H and O–H groups in total. The largest absolute Gasteiger partial charge is 0.372 e. The molecule has 142 valence electrons. The van der Waals surface area contributed by atoms with Gasteiger partial charge in [0.1, 0.15) is 5.60 Å². The number of nitrogens with zero attached hydrogens (tertiary/aromatic N) is 1. The third-order valence-corrected chi connectivity index (χ3v) is 7.31. The number of likely N-dealkylation sites (tertiary alicyclic amines) is 1. The molecule has 2 bridgehead atoms. The van der Waals surface area contributed by atoms with Crippen LogP contribution in [0, 0.1) is 11.8 Å². The summed E-state index contributed by atoms with van der Waals surface area (Å²) >= 11 is 1.53. The lowest BCUT2D eigenvalue weighted by atomic mass is 9.64. The van der Waals surface area contributed by atoms with Gasteiger partial charge in [-0.15, -0.1) is 36.2 Å². The van der Waals surface area contributed by atoms with Crippen LogP contribution in [0.2, 0.25) is 0 Å². The van der Waals surface area contributed by atoms with Crippen molar-refractivity contribution in [3.8, 4) is 0 Å². The predicted octanol–water partition coefficient (Wildman–Crippen LogP) is 2.24. The molecule has 3 heterocycles. The van der Waals surface area contributed by atoms with E-state index in [-0.39, 0.29) is 36.3 Å². The molecule has 2 aliphatic heterocycles. The number of amides is 1. The minimum Gasteiger partial charge on any atom is -0.372 e. The highest BCUT2D eigenvalue weighted by atomic mass is 35.5. The first-order valence-corrected chi connectivity index (χ1v) is 9.37. The number of primary amides is 1. The normalized spacial score (nSPS) is 32.2. The maximum absolute atomic E-state index is 11.5. The molecule has 1 saturated carbocycles. The Hall–Kier alpha value is -0.370. The number of ether oxygens (including phenoxy) is 1. The Kier molecular flexibility index (Phi) is 6.79. The number of nitrogens with one attached hydrogen (secondary N) is 1. The van der Waals surface area contributed by atoms with Crippen molar-refractivity contribution in [3.05, 3.63) is 21.9 Å². The fourth-order valence-electron chi connectivity index (χ4n) is 4.81. The van der Waals surface area contributed by atoms with E-state index in [1.165, 1.54) is 35.5 Å². The van der Waals surface area contributed by atoms with E-state index in [9.17, 15) is 4.79 Å². The number of thiophene rings is 1. The van der Waals surface area contributed by atoms with Crippen LogP contribution in [-0.4, -0.2) is 50.1 Å². The zero-order valence-electron chi connectivity index (χ0n) is 14.4. The summed E-state index contributed by atoms with van der Waals surface area (Å²) < 4.78 is 6.22. The van der Waals surface area contributed by atoms with Gasteiger partial charge in [-0.1, -0.05) is 6.42 Å². The Morgan fingerprint density at radius 2 is 1.92 bits per heavy atom. The molecular formula is C17H27Cl2N3O2S. The van der Waals surface area contributed by atoms with Crippen LogP contribution in [0.4, 0.5) is 0 Å². The number of hydrogen-bond donors (Lipinski definition) is 2. The number of fused-ring (bicyclic) bond motifs is 2. The molecule has 1 aliphatic carbocycles. The molecule has 5 nitrogen and oxygen atoms in total. The Labute approximate surface area is 165 Å². The molecule has 2 atom stereocenters. The summed E-state index contributed by atoms with van der Waals surface area (Å²) in [4.78, 5) is 16.0. The Balaban J connectivity index is 0.00000113. The average Bonchev–Trinajstić information content (AvgIpc) is 2.95. The molecule has 25 heavy (non-hydrogen) atoms. The summed E-state index contributed by atoms with van der Waals surface area (Å²) in [5.74, 6) is 0.663. The lowest BCUT2D eigenvalue weighted by molar-refractivity contribution is -0.174. The number of carbonyl (C=O) groups excluding carboxylic acids is 1. The van der Waals surface area contributed by atoms with E-state index in [0.717, 1.165) is 26.2 Å². The van der Waals surface area contributed by atoms with Gasteiger partial charge in [-0.2, -0.15) is 0 Å². The molecule has 8 heteroatoms. The van der Waals surface area contributed by atoms with Crippen LogP contribution < -0.4 is 11.1 Å². The quantitative estimate of drug-likeness (QED) is 0.802. The summed E-state index contributed by atoms with van der Waals surface area (Å²) in [7, 11) is 1.84. The minimum atomic E-state index is -0.337. The van der Waals surface area contributed by atoms with Gasteiger partial charge in [-0.05, 0) is 25.0 Å². The second-order valence-corrected chi connectivity index (χ2v) is 8.20. The SMILES string of the molecule is COC1(c2ccc(C(N)=O)s2)C2CCCC1CN(C1CNC1)C2.Cl.Cl. The molecule has 3 aliphatic rings. The van der Waals surface area contributed by atoms with Crippen molar-refractivity contribution in [3.63, 3.8) is 0 Å². The van der Waals surface area contributed by atoms with Crippen LogP contribution in [0.3, 0.4) is 0 Å². The lowest BCUT2D eigenvalue weighted by Crippen LogP contribution is -2.66. The first kappa shape index (κ1) is 20.9. The van der Waals surface area contributed by atoms with E-state index >= 15 is 0 Å². The number of hydrogen-bond acceptors (Lipinski definition) is 5. The maximum Gasteiger partial charge on any atom is 0.258 e. The first-order chi connectivity index (χ1) is 11.1. The molecule has 1 aromatic rings. The van der Waals surface area contributed by atoms with Gasteiger partial charge in [-0.3, -0.25) is 9.69 Å². The number of carbonyl (C=O) groups is 1. The van der Waals surface area contributed by atoms with E-state index in [4.69, 9.17) is 10.5 Å². The van der Waals surface area contributed by atoms with Crippen LogP contribution in [0.25, 0.3) is 0 Å². The maximum atomic E-state index is 11.5. The van der Waals surface area contributed by atoms with Gasteiger partial charge in [0.25, 0.3) is 5.91 Å². The van der Waals surface area contributed by atoms with Crippen molar-refractivity contribution in [2.24, 2.45) is 17.6 Å². The molecule has 0 aromatic carbocycles. The van der Waals surface area contributed by atoms with Gasteiger partial charge in [0.15, 0.2) is 0 Å². The zero-order chi connectivity index (χ0) is 16.0. The molecule has 2 unspecified atom stereocenters. The summed E-state index contributed by atoms with van der Waals surface area (Å²) in [5.41, 5.74) is 5.23. The van der Waals surface area contributed by atoms with Crippen molar-refractivity contribution in [2.45, 2.75) is 30.9 Å². The van der Waals surface area contributed by atoms with Crippen molar-refractivity contribution in [1.29, 1.82) is 0 Å². The van der Waals surface area contributed by atoms with Crippen LogP contribution in [0.5, 0.6) is 0 Å². The van der Waals surface area contributed by atoms with Gasteiger partial charge in [0.2, 0.25) is 0 Å². The van der Waals surface area contributed by atoms with Crippen molar-refractivity contribution in [1.82, 2.24) is 10.2 Å². The molecule has 0 spiro atoms. The minimum absolute atomic E-state index is 0. The molecule has 4 rings (SSSR count). The van der Waals surface area contributed by atoms with Gasteiger partial charge in [-0.25, -0.2) is 0 Å². The van der Waals surface area contributed by atoms with Gasteiger partial charge >= 0.3 is 0 Å². The summed E-state index contributed by atoms with van der Waals surface area (Å²) in [6.45, 7) is 4.43. The smallest absolute Gasteiger partial charge is 0.258 e. The highest BCUT2D eigenvalue weighted by molar-refractivity contribution is 7.14. The van der Waals surface area contributed by atoms with Crippen LogP contribution >= 0.6 is 36.2 Å². The molecular weight excluding hydrogens is 381 g/mol. The second kappa shape index (κ2) is 8.11. The van der Waals surface area contributed by atoms with Crippen molar-refractivity contribution < 1.29 is 9.53 Å². The summed E-state index contributed by atoms with van der Waals surface area (Å²) in [6.07, 6.45) is 3.68. The molecule has 3 fully saturated rings. The summed E-state index contributed by atoms with van der Waals surface area (Å²) in [6, 6.07) is 4.62. The molecule has 1 aromatic heterocycles. The highest BCUT2D eigenvalue weighted by Gasteiger charge is 2.54. The third-order valence-electron chi connectivity index (χ3n) is 6.08. The average molecular weight is 408 g/mol. The van der Waals surface area contributed by atoms with Crippen LogP contribution in [-0.2, 0) is 10.3 Å². The number of methoxy groups -OCH3 is 1. The molecule has 2 saturated heterocycles. The van der Waals surface area contributed by atoms with E-state index in [0.29, 0.717) is 22.8 Å². The number of halogens is 2. The predicted molar refractivity (Wildman–Crippen MR) is 105 cm³/mol. The number of piperidine rings is 1. The van der Waals surface area contributed by atoms with E-state index in [1.807, 2.05) is 13.2 Å². The first-order valence-electron chi connectivity index (χ1n) is 8.55. The number of rotatable bonds is 4. The van der Waals surface area contributed by atoms with Crippen LogP contribution in [0.15, 0.2) is 12.1 Å². The van der Waals surface area contributed by atoms with Gasteiger partial charge in [0, 0.05) is 56.0 Å². The number of nitrogens with two attached hydrogens (primary N) is 1. The standard InChI is InChI=1S/C17H25N3O2S.2ClH/c1-22-17(15-6-5-14(23-15)16(18)21)11-3-2-4-12(17)10-20(9-11)13-7-19-8-13;;/h5-6,11-13,19H,2-4,7-10H2,1H3,(H2,18,21);2*1H. The monoisotopic (exact) mass is 407 g/mol. The summed E-state index contributed by atoms with van der Waals surface area (Å²) in [5, 5.41) is 3.38. The fraction of sp³-hybridized carbons (Fsp3) is 0.706. The second-order valence-electron chi connectivity index (χ2n) is 7.12. The van der Waals surface area contributed by atoms with E-state index < -0.39 is 0 Å². The van der Waals surface area contributed by atoms with Crippen molar-refractivity contribution in [2.75, 3.05) is 33.3 Å². The Morgan fingerprint density at radius 3 is 2.36 bits per heavy atom. The van der Waals surface area contributed by atoms with Crippen molar-refractivity contribution >= 4 is 42.1 Å². The molecule has 0 radical (unpaired) electrons. The zero-order valence-corrected chi connectivity index (χ0v) is 16.9. The van der Waals surface area contributed by atoms with E-state index in [2.05, 4.69) is 16.3 Å².